The van der Waals surface area contributed by atoms with E-state index in [1.165, 1.54) is 13.0 Å². The molecule has 4 aromatic rings. The molecule has 0 radical (unpaired) electrons. The molecule has 1 fully saturated rings. The molecule has 10 heteroatoms. The minimum atomic E-state index is -0.415. The van der Waals surface area contributed by atoms with Gasteiger partial charge in [0.15, 0.2) is 11.5 Å². The van der Waals surface area contributed by atoms with Crippen molar-refractivity contribution in [1.29, 1.82) is 0 Å². The molecule has 1 aliphatic carbocycles. The Labute approximate surface area is 177 Å². The highest BCUT2D eigenvalue weighted by Crippen LogP contribution is 2.37. The van der Waals surface area contributed by atoms with Gasteiger partial charge < -0.3 is 24.8 Å². The molecule has 4 aromatic heterocycles. The van der Waals surface area contributed by atoms with E-state index in [0.717, 1.165) is 18.4 Å². The molecule has 3 N–H and O–H groups in total. The van der Waals surface area contributed by atoms with Crippen LogP contribution in [0.5, 0.6) is 5.88 Å². The smallest absolute Gasteiger partial charge is 0.228 e. The lowest BCUT2D eigenvalue weighted by Gasteiger charge is -2.45. The summed E-state index contributed by atoms with van der Waals surface area (Å²) in [7, 11) is 1.54. The Morgan fingerprint density at radius 2 is 2.19 bits per heavy atom. The van der Waals surface area contributed by atoms with Crippen LogP contribution in [-0.4, -0.2) is 48.9 Å². The molecule has 0 atom stereocenters. The number of fused-ring (bicyclic) bond motifs is 2. The van der Waals surface area contributed by atoms with E-state index in [4.69, 9.17) is 4.74 Å². The van der Waals surface area contributed by atoms with E-state index in [-0.39, 0.29) is 23.1 Å². The van der Waals surface area contributed by atoms with Crippen molar-refractivity contribution >= 4 is 28.5 Å². The molecule has 5 rings (SSSR count). The van der Waals surface area contributed by atoms with Crippen LogP contribution < -0.4 is 15.4 Å². The zero-order valence-corrected chi connectivity index (χ0v) is 17.4. The van der Waals surface area contributed by atoms with E-state index in [1.54, 1.807) is 36.3 Å². The molecule has 160 valence electrons. The summed E-state index contributed by atoms with van der Waals surface area (Å²) in [6.07, 6.45) is 8.36. The molecule has 0 aromatic carbocycles. The number of hydrogen-bond donors (Lipinski definition) is 3. The first-order valence-electron chi connectivity index (χ1n) is 9.96. The largest absolute Gasteiger partial charge is 0.480 e. The van der Waals surface area contributed by atoms with E-state index >= 15 is 0 Å². The molecule has 0 bridgehead atoms. The summed E-state index contributed by atoms with van der Waals surface area (Å²) < 4.78 is 21.6. The number of nitrogens with one attached hydrogen (secondary N) is 3. The summed E-state index contributed by atoms with van der Waals surface area (Å²) in [6, 6.07) is 1.58. The number of aromatic nitrogens is 5. The molecule has 1 aliphatic rings. The predicted octanol–water partition coefficient (Wildman–Crippen LogP) is 2.89. The van der Waals surface area contributed by atoms with Crippen LogP contribution in [0.15, 0.2) is 30.9 Å². The van der Waals surface area contributed by atoms with Gasteiger partial charge in [0.2, 0.25) is 17.7 Å². The summed E-state index contributed by atoms with van der Waals surface area (Å²) in [6.45, 7) is 3.54. The second kappa shape index (κ2) is 6.93. The Balaban J connectivity index is 1.46. The van der Waals surface area contributed by atoms with Gasteiger partial charge in [-0.05, 0) is 25.8 Å². The number of aromatic amines is 1. The van der Waals surface area contributed by atoms with Crippen LogP contribution >= 0.6 is 0 Å². The highest BCUT2D eigenvalue weighted by Gasteiger charge is 2.41. The number of methoxy groups -OCH3 is 1. The molecule has 1 saturated carbocycles. The average Bonchev–Trinajstić information content (AvgIpc) is 3.32. The third kappa shape index (κ3) is 3.33. The standard InChI is InChI=1S/C21H22FN7O2/c1-11(30)28-21(2)7-13(8-21)25-20-26-17-16(19(27-20)31-3)14(9-24-17)12-6-15(22)18-23-4-5-29(18)10-12/h4-6,9-10,13H,7-8H2,1-3H3,(H,28,30)(H2,24,25,26,27)/t13-,21-. The third-order valence-electron chi connectivity index (χ3n) is 5.65. The number of H-pyrrole nitrogens is 1. The second-order valence-corrected chi connectivity index (χ2v) is 8.21. The van der Waals surface area contributed by atoms with Crippen molar-refractivity contribution in [2.24, 2.45) is 0 Å². The van der Waals surface area contributed by atoms with E-state index in [2.05, 4.69) is 30.6 Å². The molecule has 31 heavy (non-hydrogen) atoms. The van der Waals surface area contributed by atoms with E-state index in [0.29, 0.717) is 28.4 Å². The maximum Gasteiger partial charge on any atom is 0.228 e. The summed E-state index contributed by atoms with van der Waals surface area (Å²) in [4.78, 5) is 27.6. The maximum absolute atomic E-state index is 14.5. The van der Waals surface area contributed by atoms with Gasteiger partial charge in [-0.2, -0.15) is 9.97 Å². The van der Waals surface area contributed by atoms with Crippen molar-refractivity contribution in [1.82, 2.24) is 29.7 Å². The highest BCUT2D eigenvalue weighted by molar-refractivity contribution is 5.97. The fraction of sp³-hybridized carbons (Fsp3) is 0.333. The Morgan fingerprint density at radius 3 is 2.94 bits per heavy atom. The number of amides is 1. The SMILES string of the molecule is COc1nc(N[C@H]2C[C@](C)(NC(C)=O)C2)nc2[nH]cc(-c3cc(F)c4nccn4c3)c12. The molecule has 1 amide bonds. The lowest BCUT2D eigenvalue weighted by Crippen LogP contribution is -2.59. The number of anilines is 1. The zero-order chi connectivity index (χ0) is 21.8. The minimum absolute atomic E-state index is 0.0375. The van der Waals surface area contributed by atoms with Gasteiger partial charge >= 0.3 is 0 Å². The molecule has 0 spiro atoms. The molecular weight excluding hydrogens is 401 g/mol. The number of ether oxygens (including phenoxy) is 1. The summed E-state index contributed by atoms with van der Waals surface area (Å²) in [5.74, 6) is 0.370. The molecule has 9 nitrogen and oxygen atoms in total. The number of pyridine rings is 1. The Hall–Kier alpha value is -3.69. The molecular formula is C21H22FN7O2. The molecule has 4 heterocycles. The maximum atomic E-state index is 14.5. The van der Waals surface area contributed by atoms with Gasteiger partial charge in [0, 0.05) is 54.4 Å². The number of carbonyl (C=O) groups excluding carboxylic acids is 1. The van der Waals surface area contributed by atoms with Gasteiger partial charge in [0.25, 0.3) is 0 Å². The first-order chi connectivity index (χ1) is 14.8. The summed E-state index contributed by atoms with van der Waals surface area (Å²) in [5, 5.41) is 6.95. The van der Waals surface area contributed by atoms with E-state index in [9.17, 15) is 9.18 Å². The fourth-order valence-corrected chi connectivity index (χ4v) is 4.42. The second-order valence-electron chi connectivity index (χ2n) is 8.21. The number of imidazole rings is 1. The first-order valence-corrected chi connectivity index (χ1v) is 9.96. The van der Waals surface area contributed by atoms with Gasteiger partial charge in [-0.15, -0.1) is 0 Å². The van der Waals surface area contributed by atoms with Gasteiger partial charge in [0.1, 0.15) is 5.65 Å². The van der Waals surface area contributed by atoms with Crippen molar-refractivity contribution < 1.29 is 13.9 Å². The Morgan fingerprint density at radius 1 is 1.39 bits per heavy atom. The number of carbonyl (C=O) groups is 1. The van der Waals surface area contributed by atoms with Crippen LogP contribution in [0.3, 0.4) is 0 Å². The number of nitrogens with zero attached hydrogens (tertiary/aromatic N) is 4. The van der Waals surface area contributed by atoms with Crippen molar-refractivity contribution in [2.45, 2.75) is 38.3 Å². The lowest BCUT2D eigenvalue weighted by molar-refractivity contribution is -0.121. The minimum Gasteiger partial charge on any atom is -0.480 e. The van der Waals surface area contributed by atoms with Gasteiger partial charge in [-0.25, -0.2) is 9.37 Å². The molecule has 0 aliphatic heterocycles. The van der Waals surface area contributed by atoms with E-state index in [1.807, 2.05) is 6.92 Å². The third-order valence-corrected chi connectivity index (χ3v) is 5.65. The summed E-state index contributed by atoms with van der Waals surface area (Å²) >= 11 is 0. The lowest BCUT2D eigenvalue weighted by atomic mass is 9.74. The molecule has 0 unspecified atom stereocenters. The zero-order valence-electron chi connectivity index (χ0n) is 17.4. The Kier molecular flexibility index (Phi) is 4.31. The van der Waals surface area contributed by atoms with Crippen molar-refractivity contribution in [3.8, 4) is 17.0 Å². The number of halogens is 1. The predicted molar refractivity (Wildman–Crippen MR) is 113 cm³/mol. The summed E-state index contributed by atoms with van der Waals surface area (Å²) in [5.41, 5.74) is 2.02. The number of rotatable bonds is 5. The van der Waals surface area contributed by atoms with Crippen molar-refractivity contribution in [3.05, 3.63) is 36.7 Å². The fourth-order valence-electron chi connectivity index (χ4n) is 4.42. The van der Waals surface area contributed by atoms with Crippen LogP contribution in [-0.2, 0) is 4.79 Å². The van der Waals surface area contributed by atoms with Gasteiger partial charge in [-0.3, -0.25) is 4.79 Å². The van der Waals surface area contributed by atoms with Crippen LogP contribution in [0.1, 0.15) is 26.7 Å². The van der Waals surface area contributed by atoms with Crippen LogP contribution in [0, 0.1) is 5.82 Å². The van der Waals surface area contributed by atoms with Crippen molar-refractivity contribution in [2.75, 3.05) is 12.4 Å². The van der Waals surface area contributed by atoms with Gasteiger partial charge in [-0.1, -0.05) is 0 Å². The monoisotopic (exact) mass is 423 g/mol. The Bertz CT molecular complexity index is 1310. The van der Waals surface area contributed by atoms with Crippen LogP contribution in [0.4, 0.5) is 10.3 Å². The topological polar surface area (TPSA) is 109 Å². The van der Waals surface area contributed by atoms with Crippen LogP contribution in [0.25, 0.3) is 27.8 Å². The molecule has 0 saturated heterocycles. The van der Waals surface area contributed by atoms with Gasteiger partial charge in [0.05, 0.1) is 12.5 Å². The highest BCUT2D eigenvalue weighted by atomic mass is 19.1. The van der Waals surface area contributed by atoms with Crippen molar-refractivity contribution in [3.63, 3.8) is 0 Å². The quantitative estimate of drug-likeness (QED) is 0.455. The number of hydrogen-bond acceptors (Lipinski definition) is 6. The average molecular weight is 423 g/mol. The first kappa shape index (κ1) is 19.3. The van der Waals surface area contributed by atoms with E-state index < -0.39 is 5.82 Å². The van der Waals surface area contributed by atoms with Crippen LogP contribution in [0.2, 0.25) is 0 Å². The normalized spacial score (nSPS) is 20.6.